The summed E-state index contributed by atoms with van der Waals surface area (Å²) in [6.07, 6.45) is 22.4. The Balaban J connectivity index is 1.18. The molecule has 0 radical (unpaired) electrons. The molecular weight excluding hydrogens is 809 g/mol. The molecule has 0 atom stereocenters. The number of amides is 2. The maximum Gasteiger partial charge on any atom is 0.220 e. The molecule has 0 aliphatic heterocycles. The van der Waals surface area contributed by atoms with E-state index in [9.17, 15) is 30.0 Å². The highest BCUT2D eigenvalue weighted by atomic mass is 33.1. The van der Waals surface area contributed by atoms with Crippen molar-refractivity contribution in [2.45, 2.75) is 32.2 Å². The molecule has 330 valence electrons. The number of aromatic nitrogens is 1. The van der Waals surface area contributed by atoms with Crippen molar-refractivity contribution in [3.8, 4) is 0 Å². The number of pyridine rings is 1. The van der Waals surface area contributed by atoms with Crippen LogP contribution >= 0.6 is 21.6 Å². The summed E-state index contributed by atoms with van der Waals surface area (Å²) in [6.45, 7) is 8.63. The summed E-state index contributed by atoms with van der Waals surface area (Å²) >= 11 is 0. The lowest BCUT2D eigenvalue weighted by Crippen LogP contribution is -2.78. The van der Waals surface area contributed by atoms with Crippen molar-refractivity contribution in [3.63, 3.8) is 0 Å². The SMILES string of the molecule is C=C/C=C(\C=C/[NH2+]CCCC(=O)NCCSSCCNC(=O)CCC[n+]1ccc(/C=C/c2ccc(N(CCO)CCO)cc2)cc1)/C=C/c1ccc(N(CCO)CCO)cc1. The largest absolute Gasteiger partial charge is 0.395 e. The van der Waals surface area contributed by atoms with Crippen LogP contribution < -0.4 is 30.3 Å². The molecular formula is C47H66N6O6S2+2. The standard InChI is InChI=1S/C47H64N6O6S2/c1-2-5-40(8-9-41-12-16-44(17-13-41)52(30-34-54)31-35-55)20-24-48-23-3-6-46(58)49-25-38-60-61-39-26-50-47(59)7-4-27-51-28-21-43(22-29-51)11-10-42-14-18-45(19-15-42)53(32-36-56)33-37-57/h2,5,8-22,24,28-29,48,54-57H,1,3-4,6-7,23,25-27,30-39H2,(H-,49,50,58,59)/p+2/b9-8+,24-20-,40-5-. The fourth-order valence-corrected chi connectivity index (χ4v) is 7.88. The van der Waals surface area contributed by atoms with Crippen LogP contribution in [0.25, 0.3) is 18.2 Å². The number of carbonyl (C=O) groups is 2. The average Bonchev–Trinajstić information content (AvgIpc) is 3.27. The van der Waals surface area contributed by atoms with E-state index >= 15 is 0 Å². The predicted molar refractivity (Wildman–Crippen MR) is 254 cm³/mol. The van der Waals surface area contributed by atoms with Gasteiger partial charge in [0.05, 0.1) is 39.2 Å². The van der Waals surface area contributed by atoms with Crippen molar-refractivity contribution in [3.05, 3.63) is 132 Å². The van der Waals surface area contributed by atoms with Gasteiger partial charge < -0.3 is 46.2 Å². The number of allylic oxidation sites excluding steroid dienone is 5. The van der Waals surface area contributed by atoms with E-state index in [1.54, 1.807) is 27.7 Å². The highest BCUT2D eigenvalue weighted by Gasteiger charge is 2.08. The van der Waals surface area contributed by atoms with Gasteiger partial charge >= 0.3 is 0 Å². The van der Waals surface area contributed by atoms with Crippen LogP contribution in [0.3, 0.4) is 0 Å². The van der Waals surface area contributed by atoms with Crippen LogP contribution in [0.5, 0.6) is 0 Å². The first-order valence-corrected chi connectivity index (χ1v) is 23.5. The van der Waals surface area contributed by atoms with Gasteiger partial charge in [0.1, 0.15) is 6.54 Å². The second-order valence-electron chi connectivity index (χ2n) is 13.9. The lowest BCUT2D eigenvalue weighted by molar-refractivity contribution is -0.697. The zero-order valence-corrected chi connectivity index (χ0v) is 37.0. The average molecular weight is 875 g/mol. The van der Waals surface area contributed by atoms with Gasteiger partial charge in [0.2, 0.25) is 11.8 Å². The summed E-state index contributed by atoms with van der Waals surface area (Å²) in [4.78, 5) is 28.5. The second-order valence-corrected chi connectivity index (χ2v) is 16.6. The number of nitrogens with zero attached hydrogens (tertiary/aromatic N) is 3. The molecule has 3 rings (SSSR count). The van der Waals surface area contributed by atoms with Gasteiger partial charge in [-0.2, -0.15) is 0 Å². The number of aryl methyl sites for hydroxylation is 1. The molecule has 0 aliphatic rings. The molecule has 61 heavy (non-hydrogen) atoms. The smallest absolute Gasteiger partial charge is 0.220 e. The number of aliphatic hydroxyl groups is 4. The van der Waals surface area contributed by atoms with Crippen molar-refractivity contribution in [1.82, 2.24) is 10.6 Å². The lowest BCUT2D eigenvalue weighted by atomic mass is 10.1. The molecule has 0 bridgehead atoms. The van der Waals surface area contributed by atoms with Crippen molar-refractivity contribution in [2.75, 3.05) is 93.5 Å². The first kappa shape index (κ1) is 50.7. The van der Waals surface area contributed by atoms with E-state index in [1.807, 2.05) is 101 Å². The molecule has 0 fully saturated rings. The number of benzene rings is 2. The molecule has 0 saturated carbocycles. The topological polar surface area (TPSA) is 166 Å². The van der Waals surface area contributed by atoms with Gasteiger partial charge in [0.15, 0.2) is 12.4 Å². The third-order valence-electron chi connectivity index (χ3n) is 9.28. The first-order valence-electron chi connectivity index (χ1n) is 21.0. The molecule has 8 N–H and O–H groups in total. The summed E-state index contributed by atoms with van der Waals surface area (Å²) < 4.78 is 2.08. The van der Waals surface area contributed by atoms with E-state index in [0.717, 1.165) is 71.1 Å². The van der Waals surface area contributed by atoms with Gasteiger partial charge in [0, 0.05) is 100.0 Å². The number of carbonyl (C=O) groups excluding carboxylic acids is 2. The van der Waals surface area contributed by atoms with E-state index in [-0.39, 0.29) is 38.2 Å². The van der Waals surface area contributed by atoms with E-state index in [1.165, 1.54) is 0 Å². The summed E-state index contributed by atoms with van der Waals surface area (Å²) in [5.74, 6) is 1.72. The Hall–Kier alpha value is -4.67. The van der Waals surface area contributed by atoms with E-state index < -0.39 is 0 Å². The molecule has 14 heteroatoms. The molecule has 2 aromatic carbocycles. The molecule has 0 saturated heterocycles. The van der Waals surface area contributed by atoms with Gasteiger partial charge in [-0.05, 0) is 52.6 Å². The van der Waals surface area contributed by atoms with Crippen LogP contribution in [0.1, 0.15) is 42.4 Å². The minimum Gasteiger partial charge on any atom is -0.395 e. The Morgan fingerprint density at radius 2 is 1.13 bits per heavy atom. The number of nitrogens with two attached hydrogens (primary N) is 1. The van der Waals surface area contributed by atoms with Crippen molar-refractivity contribution in [2.24, 2.45) is 0 Å². The second kappa shape index (κ2) is 32.1. The van der Waals surface area contributed by atoms with Gasteiger partial charge in [0.25, 0.3) is 0 Å². The molecule has 12 nitrogen and oxygen atoms in total. The molecule has 1 heterocycles. The minimum atomic E-state index is 0.0283. The summed E-state index contributed by atoms with van der Waals surface area (Å²) in [6, 6.07) is 20.1. The minimum absolute atomic E-state index is 0.0283. The Bertz CT molecular complexity index is 1790. The Morgan fingerprint density at radius 1 is 0.656 bits per heavy atom. The zero-order chi connectivity index (χ0) is 43.8. The van der Waals surface area contributed by atoms with Crippen molar-refractivity contribution < 1.29 is 39.9 Å². The van der Waals surface area contributed by atoms with Gasteiger partial charge in [-0.25, -0.2) is 4.57 Å². The molecule has 2 amide bonds. The molecule has 0 unspecified atom stereocenters. The molecule has 0 aliphatic carbocycles. The van der Waals surface area contributed by atoms with Gasteiger partial charge in [-0.15, -0.1) is 0 Å². The summed E-state index contributed by atoms with van der Waals surface area (Å²) in [7, 11) is 3.39. The van der Waals surface area contributed by atoms with Gasteiger partial charge in [-0.1, -0.05) is 88.9 Å². The van der Waals surface area contributed by atoms with Crippen molar-refractivity contribution >= 4 is 63.0 Å². The normalized spacial score (nSPS) is 11.8. The Labute approximate surface area is 370 Å². The molecule has 1 aromatic heterocycles. The molecule has 3 aromatic rings. The Kier molecular flexibility index (Phi) is 26.7. The van der Waals surface area contributed by atoms with Gasteiger partial charge in [-0.3, -0.25) is 9.59 Å². The number of hydrogen-bond donors (Lipinski definition) is 7. The number of rotatable bonds is 32. The number of nitrogens with one attached hydrogen (secondary N) is 2. The zero-order valence-electron chi connectivity index (χ0n) is 35.3. The summed E-state index contributed by atoms with van der Waals surface area (Å²) in [5.41, 5.74) is 6.09. The monoisotopic (exact) mass is 874 g/mol. The number of aliphatic hydroxyl groups excluding tert-OH is 4. The van der Waals surface area contributed by atoms with Crippen LogP contribution in [0, 0.1) is 0 Å². The number of hydrogen-bond acceptors (Lipinski definition) is 10. The van der Waals surface area contributed by atoms with E-state index in [2.05, 4.69) is 51.4 Å². The maximum atomic E-state index is 12.3. The first-order chi connectivity index (χ1) is 29.9. The Morgan fingerprint density at radius 3 is 1.62 bits per heavy atom. The quantitative estimate of drug-likeness (QED) is 0.0213. The van der Waals surface area contributed by atoms with Crippen LogP contribution in [0.4, 0.5) is 11.4 Å². The van der Waals surface area contributed by atoms with Crippen LogP contribution in [0.15, 0.2) is 116 Å². The number of quaternary nitrogens is 1. The third-order valence-corrected chi connectivity index (χ3v) is 11.7. The molecule has 0 spiro atoms. The highest BCUT2D eigenvalue weighted by Crippen LogP contribution is 2.20. The fraction of sp³-hybridized carbons (Fsp3) is 0.383. The van der Waals surface area contributed by atoms with E-state index in [4.69, 9.17) is 0 Å². The predicted octanol–water partition coefficient (Wildman–Crippen LogP) is 3.80. The highest BCUT2D eigenvalue weighted by molar-refractivity contribution is 8.76. The van der Waals surface area contributed by atoms with Crippen LogP contribution in [-0.2, 0) is 16.1 Å². The van der Waals surface area contributed by atoms with E-state index in [0.29, 0.717) is 52.1 Å². The van der Waals surface area contributed by atoms with Crippen LogP contribution in [0.2, 0.25) is 0 Å². The maximum absolute atomic E-state index is 12.3. The van der Waals surface area contributed by atoms with Crippen LogP contribution in [-0.4, -0.2) is 116 Å². The fourth-order valence-electron chi connectivity index (χ4n) is 6.07. The lowest BCUT2D eigenvalue weighted by Gasteiger charge is -2.22. The third kappa shape index (κ3) is 22.1. The number of anilines is 2. The summed E-state index contributed by atoms with van der Waals surface area (Å²) in [5, 5.41) is 45.1. The van der Waals surface area contributed by atoms with Crippen molar-refractivity contribution in [1.29, 1.82) is 0 Å².